The second-order valence-electron chi connectivity index (χ2n) is 7.31. The number of aliphatic carboxylic acids is 1. The number of carbonyl (C=O) groups is 1. The Morgan fingerprint density at radius 1 is 1.04 bits per heavy atom. The van der Waals surface area contributed by atoms with Gasteiger partial charge in [-0.15, -0.1) is 0 Å². The van der Waals surface area contributed by atoms with Gasteiger partial charge in [-0.2, -0.15) is 0 Å². The lowest BCUT2D eigenvalue weighted by molar-refractivity contribution is -0.143. The molecule has 2 aromatic rings. The average molecular weight is 718 g/mol. The highest BCUT2D eigenvalue weighted by molar-refractivity contribution is 14.1. The van der Waals surface area contributed by atoms with Crippen LogP contribution in [0.1, 0.15) is 41.9 Å². The maximum Gasteiger partial charge on any atom is 0.306 e. The van der Waals surface area contributed by atoms with Gasteiger partial charge >= 0.3 is 5.97 Å². The maximum absolute atomic E-state index is 11.9. The second-order valence-corrected chi connectivity index (χ2v) is 10.7. The van der Waals surface area contributed by atoms with E-state index in [1.54, 1.807) is 6.92 Å². The van der Waals surface area contributed by atoms with Gasteiger partial charge < -0.3 is 20.1 Å². The predicted molar refractivity (Wildman–Crippen MR) is 129 cm³/mol. The van der Waals surface area contributed by atoms with Crippen LogP contribution >= 0.6 is 67.8 Å². The minimum Gasteiger partial charge on any atom is -0.506 e. The van der Waals surface area contributed by atoms with Gasteiger partial charge in [-0.25, -0.2) is 0 Å². The minimum atomic E-state index is -0.759. The van der Waals surface area contributed by atoms with Gasteiger partial charge in [0.2, 0.25) is 0 Å². The first-order chi connectivity index (χ1) is 13.2. The van der Waals surface area contributed by atoms with Crippen LogP contribution in [-0.4, -0.2) is 21.3 Å². The summed E-state index contributed by atoms with van der Waals surface area (Å²) in [4.78, 5) is 11.9. The molecule has 1 aliphatic carbocycles. The van der Waals surface area contributed by atoms with E-state index in [2.05, 4.69) is 67.8 Å². The Kier molecular flexibility index (Phi) is 5.66. The molecule has 1 aliphatic heterocycles. The molecule has 3 unspecified atom stereocenters. The van der Waals surface area contributed by atoms with Crippen molar-refractivity contribution < 1.29 is 24.9 Å². The van der Waals surface area contributed by atoms with Gasteiger partial charge in [0.1, 0.15) is 23.0 Å². The number of hydrogen-bond acceptors (Lipinski definition) is 4. The average Bonchev–Trinajstić information content (AvgIpc) is 3.13. The smallest absolute Gasteiger partial charge is 0.306 e. The highest BCUT2D eigenvalue weighted by Gasteiger charge is 2.44. The second kappa shape index (κ2) is 7.64. The quantitative estimate of drug-likeness (QED) is 0.334. The number of aromatic hydroxyl groups is 2. The lowest BCUT2D eigenvalue weighted by Gasteiger charge is -2.35. The fraction of sp³-hybridized carbons (Fsp3) is 0.350. The monoisotopic (exact) mass is 718 g/mol. The first-order valence-electron chi connectivity index (χ1n) is 8.85. The number of rotatable bonds is 2. The van der Waals surface area contributed by atoms with Crippen LogP contribution < -0.4 is 4.74 Å². The van der Waals surface area contributed by atoms with Crippen molar-refractivity contribution >= 4 is 73.7 Å². The third-order valence-corrected chi connectivity index (χ3v) is 8.48. The number of fused-ring (bicyclic) bond motifs is 2. The van der Waals surface area contributed by atoms with Crippen molar-refractivity contribution in [3.63, 3.8) is 0 Å². The number of ether oxygens (including phenoxy) is 1. The summed E-state index contributed by atoms with van der Waals surface area (Å²) < 4.78 is 8.26. The van der Waals surface area contributed by atoms with Gasteiger partial charge in [-0.3, -0.25) is 4.79 Å². The fourth-order valence-corrected chi connectivity index (χ4v) is 7.08. The highest BCUT2D eigenvalue weighted by Crippen LogP contribution is 2.57. The molecule has 148 valence electrons. The number of carboxylic acids is 1. The normalized spacial score (nSPS) is 23.1. The van der Waals surface area contributed by atoms with E-state index < -0.39 is 11.9 Å². The molecule has 3 atom stereocenters. The number of phenols is 2. The molecule has 8 heteroatoms. The summed E-state index contributed by atoms with van der Waals surface area (Å²) in [5, 5.41) is 30.7. The van der Waals surface area contributed by atoms with Crippen molar-refractivity contribution in [1.29, 1.82) is 0 Å². The summed E-state index contributed by atoms with van der Waals surface area (Å²) >= 11 is 6.27. The molecule has 0 saturated heterocycles. The standard InChI is InChI=1S/C20H17I3O5/c1-7-16(24)12(21)5-10-14(8-3-2-4-9(8)20(26)27)11-6-13(22)17(25)15(23)19(11)28-18(7)10/h5-6,8-9,14,24-25H,2-4H2,1H3,(H,26,27). The highest BCUT2D eigenvalue weighted by atomic mass is 127. The van der Waals surface area contributed by atoms with Crippen molar-refractivity contribution in [2.24, 2.45) is 11.8 Å². The van der Waals surface area contributed by atoms with E-state index in [0.29, 0.717) is 30.6 Å². The third-order valence-electron chi connectivity index (χ3n) is 5.83. The van der Waals surface area contributed by atoms with Crippen LogP contribution in [-0.2, 0) is 4.79 Å². The van der Waals surface area contributed by atoms with Gasteiger partial charge in [0.25, 0.3) is 0 Å². The Hall–Kier alpha value is -0.500. The molecule has 0 amide bonds. The van der Waals surface area contributed by atoms with Gasteiger partial charge in [0, 0.05) is 22.6 Å². The van der Waals surface area contributed by atoms with Gasteiger partial charge in [-0.05, 0) is 106 Å². The molecule has 1 fully saturated rings. The Morgan fingerprint density at radius 2 is 1.64 bits per heavy atom. The third kappa shape index (κ3) is 3.17. The van der Waals surface area contributed by atoms with Crippen LogP contribution in [0.25, 0.3) is 0 Å². The fourth-order valence-electron chi connectivity index (χ4n) is 4.51. The van der Waals surface area contributed by atoms with Gasteiger partial charge in [-0.1, -0.05) is 6.42 Å². The van der Waals surface area contributed by atoms with Crippen LogP contribution in [0.5, 0.6) is 23.0 Å². The van der Waals surface area contributed by atoms with Crippen LogP contribution in [0, 0.1) is 29.5 Å². The molecule has 1 saturated carbocycles. The first-order valence-corrected chi connectivity index (χ1v) is 12.1. The molecule has 0 aromatic heterocycles. The van der Waals surface area contributed by atoms with E-state index >= 15 is 0 Å². The summed E-state index contributed by atoms with van der Waals surface area (Å²) in [5.41, 5.74) is 2.47. The molecule has 28 heavy (non-hydrogen) atoms. The van der Waals surface area contributed by atoms with E-state index in [0.717, 1.165) is 27.5 Å². The number of halogens is 3. The zero-order chi connectivity index (χ0) is 20.3. The molecule has 0 radical (unpaired) electrons. The summed E-state index contributed by atoms with van der Waals surface area (Å²) in [5.74, 6) is 0.0849. The van der Waals surface area contributed by atoms with Crippen molar-refractivity contribution in [1.82, 2.24) is 0 Å². The molecular formula is C20H17I3O5. The molecule has 4 rings (SSSR count). The van der Waals surface area contributed by atoms with Crippen molar-refractivity contribution in [3.8, 4) is 23.0 Å². The summed E-state index contributed by atoms with van der Waals surface area (Å²) in [6.45, 7) is 1.81. The first kappa shape index (κ1) is 20.8. The Labute approximate surface area is 203 Å². The molecule has 0 bridgehead atoms. The molecule has 5 nitrogen and oxygen atoms in total. The van der Waals surface area contributed by atoms with Crippen molar-refractivity contribution in [2.45, 2.75) is 32.1 Å². The van der Waals surface area contributed by atoms with Crippen LogP contribution in [0.2, 0.25) is 0 Å². The van der Waals surface area contributed by atoms with E-state index in [1.807, 2.05) is 12.1 Å². The molecule has 1 heterocycles. The Balaban J connectivity index is 2.01. The summed E-state index contributed by atoms with van der Waals surface area (Å²) in [6, 6.07) is 3.82. The van der Waals surface area contributed by atoms with Crippen LogP contribution in [0.4, 0.5) is 0 Å². The lowest BCUT2D eigenvalue weighted by Crippen LogP contribution is -2.27. The van der Waals surface area contributed by atoms with Crippen molar-refractivity contribution in [2.75, 3.05) is 0 Å². The van der Waals surface area contributed by atoms with Gasteiger partial charge in [0.15, 0.2) is 0 Å². The SMILES string of the molecule is Cc1c(O)c(I)cc2c1Oc1c(cc(I)c(O)c1I)C2C1CCCC1C(=O)O. The summed E-state index contributed by atoms with van der Waals surface area (Å²) in [6.07, 6.45) is 2.37. The minimum absolute atomic E-state index is 0.0604. The number of hydrogen-bond donors (Lipinski definition) is 3. The number of benzene rings is 2. The maximum atomic E-state index is 11.9. The number of carboxylic acid groups (broad SMARTS) is 1. The zero-order valence-corrected chi connectivity index (χ0v) is 21.3. The number of phenolic OH excluding ortho intramolecular Hbond substituents is 2. The largest absolute Gasteiger partial charge is 0.506 e. The van der Waals surface area contributed by atoms with Crippen LogP contribution in [0.3, 0.4) is 0 Å². The Bertz CT molecular complexity index is 941. The van der Waals surface area contributed by atoms with Gasteiger partial charge in [0.05, 0.1) is 16.6 Å². The topological polar surface area (TPSA) is 87.0 Å². The van der Waals surface area contributed by atoms with Crippen LogP contribution in [0.15, 0.2) is 12.1 Å². The lowest BCUT2D eigenvalue weighted by atomic mass is 9.73. The van der Waals surface area contributed by atoms with E-state index in [-0.39, 0.29) is 23.3 Å². The zero-order valence-electron chi connectivity index (χ0n) is 14.8. The molecule has 3 N–H and O–H groups in total. The van der Waals surface area contributed by atoms with E-state index in [9.17, 15) is 20.1 Å². The Morgan fingerprint density at radius 3 is 2.29 bits per heavy atom. The molecule has 2 aliphatic rings. The van der Waals surface area contributed by atoms with Crippen molar-refractivity contribution in [3.05, 3.63) is 39.5 Å². The molecule has 2 aromatic carbocycles. The van der Waals surface area contributed by atoms with E-state index in [1.165, 1.54) is 0 Å². The predicted octanol–water partition coefficient (Wildman–Crippen LogP) is 5.96. The van der Waals surface area contributed by atoms with E-state index in [4.69, 9.17) is 4.74 Å². The molecular weight excluding hydrogens is 701 g/mol. The molecule has 0 spiro atoms. The summed E-state index contributed by atoms with van der Waals surface area (Å²) in [7, 11) is 0.